The number of nitrogens with zero attached hydrogens (tertiary/aromatic N) is 4. The van der Waals surface area contributed by atoms with Crippen molar-refractivity contribution < 1.29 is 9.32 Å². The Balaban J connectivity index is 1.40. The molecule has 0 saturated carbocycles. The lowest BCUT2D eigenvalue weighted by Gasteiger charge is -2.34. The number of rotatable bonds is 3. The lowest BCUT2D eigenvalue weighted by molar-refractivity contribution is -0.130. The molecule has 0 bridgehead atoms. The first kappa shape index (κ1) is 14.2. The Morgan fingerprint density at radius 2 is 2.04 bits per heavy atom. The van der Waals surface area contributed by atoms with Crippen molar-refractivity contribution in [3.8, 4) is 0 Å². The minimum Gasteiger partial charge on any atom is -0.356 e. The van der Waals surface area contributed by atoms with Gasteiger partial charge in [0.1, 0.15) is 5.69 Å². The maximum Gasteiger partial charge on any atom is 0.228 e. The van der Waals surface area contributed by atoms with Crippen LogP contribution in [0.1, 0.15) is 5.69 Å². The van der Waals surface area contributed by atoms with E-state index in [1.807, 2.05) is 40.7 Å². The Morgan fingerprint density at radius 1 is 1.22 bits per heavy atom. The van der Waals surface area contributed by atoms with Gasteiger partial charge in [0, 0.05) is 43.1 Å². The van der Waals surface area contributed by atoms with Crippen LogP contribution < -0.4 is 4.90 Å². The Kier molecular flexibility index (Phi) is 3.70. The third-order valence-electron chi connectivity index (χ3n) is 4.09. The van der Waals surface area contributed by atoms with Crippen molar-refractivity contribution in [1.82, 2.24) is 15.0 Å². The molecule has 3 heterocycles. The Morgan fingerprint density at radius 3 is 2.83 bits per heavy atom. The molecule has 1 amide bonds. The fourth-order valence-corrected chi connectivity index (χ4v) is 3.54. The molecule has 0 N–H and O–H groups in total. The quantitative estimate of drug-likeness (QED) is 0.737. The third kappa shape index (κ3) is 2.79. The molecule has 1 fully saturated rings. The first-order chi connectivity index (χ1) is 11.3. The molecule has 0 radical (unpaired) electrons. The van der Waals surface area contributed by atoms with Gasteiger partial charge in [-0.2, -0.15) is 0 Å². The highest BCUT2D eigenvalue weighted by atomic mass is 32.1. The van der Waals surface area contributed by atoms with Crippen LogP contribution in [0.25, 0.3) is 11.0 Å². The summed E-state index contributed by atoms with van der Waals surface area (Å²) in [5.74, 6) is 0.0999. The van der Waals surface area contributed by atoms with Gasteiger partial charge in [-0.1, -0.05) is 17.3 Å². The van der Waals surface area contributed by atoms with Gasteiger partial charge in [0.25, 0.3) is 0 Å². The lowest BCUT2D eigenvalue weighted by atomic mass is 10.1. The summed E-state index contributed by atoms with van der Waals surface area (Å²) in [4.78, 5) is 21.0. The fraction of sp³-hybridized carbons (Fsp3) is 0.312. The van der Waals surface area contributed by atoms with Crippen LogP contribution in [-0.2, 0) is 11.2 Å². The van der Waals surface area contributed by atoms with E-state index in [2.05, 4.69) is 15.0 Å². The number of hydrogen-bond acceptors (Lipinski definition) is 6. The van der Waals surface area contributed by atoms with Gasteiger partial charge in [-0.05, 0) is 12.1 Å². The molecule has 3 aromatic rings. The summed E-state index contributed by atoms with van der Waals surface area (Å²) in [6.07, 6.45) is 2.10. The molecule has 2 aromatic heterocycles. The van der Waals surface area contributed by atoms with Crippen LogP contribution in [0.4, 0.5) is 5.13 Å². The van der Waals surface area contributed by atoms with Crippen molar-refractivity contribution in [2.45, 2.75) is 6.42 Å². The maximum absolute atomic E-state index is 12.5. The molecule has 23 heavy (non-hydrogen) atoms. The summed E-state index contributed by atoms with van der Waals surface area (Å²) < 4.78 is 5.27. The van der Waals surface area contributed by atoms with E-state index >= 15 is 0 Å². The monoisotopic (exact) mass is 328 g/mol. The average molecular weight is 328 g/mol. The number of hydrogen-bond donors (Lipinski definition) is 0. The molecule has 1 aromatic carbocycles. The average Bonchev–Trinajstić information content (AvgIpc) is 3.25. The van der Waals surface area contributed by atoms with Crippen LogP contribution in [0.15, 0.2) is 40.4 Å². The van der Waals surface area contributed by atoms with E-state index in [0.717, 1.165) is 29.2 Å². The van der Waals surface area contributed by atoms with Crippen molar-refractivity contribution in [2.75, 3.05) is 31.1 Å². The van der Waals surface area contributed by atoms with E-state index in [0.29, 0.717) is 18.8 Å². The van der Waals surface area contributed by atoms with E-state index in [1.54, 1.807) is 11.3 Å². The number of carbonyl (C=O) groups excluding carboxylic acids is 1. The van der Waals surface area contributed by atoms with Crippen molar-refractivity contribution in [3.63, 3.8) is 0 Å². The van der Waals surface area contributed by atoms with Gasteiger partial charge < -0.3 is 14.3 Å². The molecule has 0 aliphatic carbocycles. The fourth-order valence-electron chi connectivity index (χ4n) is 2.84. The largest absolute Gasteiger partial charge is 0.356 e. The zero-order chi connectivity index (χ0) is 15.6. The lowest BCUT2D eigenvalue weighted by Crippen LogP contribution is -2.49. The zero-order valence-corrected chi connectivity index (χ0v) is 13.3. The van der Waals surface area contributed by atoms with E-state index in [-0.39, 0.29) is 12.3 Å². The minimum atomic E-state index is 0.0999. The Bertz CT molecular complexity index is 806. The van der Waals surface area contributed by atoms with Crippen molar-refractivity contribution in [3.05, 3.63) is 41.5 Å². The van der Waals surface area contributed by atoms with Gasteiger partial charge in [-0.15, -0.1) is 11.3 Å². The predicted molar refractivity (Wildman–Crippen MR) is 88.6 cm³/mol. The molecule has 0 atom stereocenters. The van der Waals surface area contributed by atoms with Crippen LogP contribution >= 0.6 is 11.3 Å². The number of fused-ring (bicyclic) bond motifs is 1. The molecular formula is C16H16N4O2S. The molecule has 1 saturated heterocycles. The van der Waals surface area contributed by atoms with Crippen LogP contribution in [0, 0.1) is 0 Å². The number of carbonyl (C=O) groups is 1. The van der Waals surface area contributed by atoms with E-state index in [9.17, 15) is 4.79 Å². The van der Waals surface area contributed by atoms with Gasteiger partial charge in [-0.25, -0.2) is 4.98 Å². The second kappa shape index (κ2) is 6.00. The number of piperazine rings is 1. The smallest absolute Gasteiger partial charge is 0.228 e. The summed E-state index contributed by atoms with van der Waals surface area (Å²) in [6, 6.07) is 7.63. The molecule has 0 unspecified atom stereocenters. The molecule has 118 valence electrons. The second-order valence-corrected chi connectivity index (χ2v) is 6.36. The second-order valence-electron chi connectivity index (χ2n) is 5.48. The van der Waals surface area contributed by atoms with Gasteiger partial charge in [0.2, 0.25) is 5.91 Å². The molecule has 4 rings (SSSR count). The van der Waals surface area contributed by atoms with Crippen LogP contribution in [0.3, 0.4) is 0 Å². The molecule has 1 aliphatic heterocycles. The summed E-state index contributed by atoms with van der Waals surface area (Å²) in [5, 5.41) is 7.97. The normalized spacial score (nSPS) is 15.3. The number of para-hydroxylation sites is 1. The number of amides is 1. The standard InChI is InChI=1S/C16H16N4O2S/c21-15(11-13-12-3-1-2-4-14(12)22-18-13)19-6-8-20(9-7-19)16-17-5-10-23-16/h1-5,10H,6-9,11H2. The van der Waals surface area contributed by atoms with Gasteiger partial charge in [-0.3, -0.25) is 4.79 Å². The molecule has 7 heteroatoms. The zero-order valence-electron chi connectivity index (χ0n) is 12.5. The summed E-state index contributed by atoms with van der Waals surface area (Å²) in [7, 11) is 0. The van der Waals surface area contributed by atoms with Crippen molar-refractivity contribution >= 4 is 33.3 Å². The Labute approximate surface area is 137 Å². The summed E-state index contributed by atoms with van der Waals surface area (Å²) in [5.41, 5.74) is 1.44. The number of benzene rings is 1. The number of thiazole rings is 1. The molecule has 0 spiro atoms. The molecular weight excluding hydrogens is 312 g/mol. The topological polar surface area (TPSA) is 62.5 Å². The first-order valence-corrected chi connectivity index (χ1v) is 8.45. The predicted octanol–water partition coefficient (Wildman–Crippen LogP) is 2.18. The highest BCUT2D eigenvalue weighted by Crippen LogP contribution is 2.21. The van der Waals surface area contributed by atoms with E-state index < -0.39 is 0 Å². The minimum absolute atomic E-state index is 0.0999. The number of aromatic nitrogens is 2. The van der Waals surface area contributed by atoms with Crippen LogP contribution in [-0.4, -0.2) is 47.1 Å². The van der Waals surface area contributed by atoms with Crippen molar-refractivity contribution in [2.24, 2.45) is 0 Å². The van der Waals surface area contributed by atoms with E-state index in [4.69, 9.17) is 4.52 Å². The first-order valence-electron chi connectivity index (χ1n) is 7.57. The van der Waals surface area contributed by atoms with Gasteiger partial charge >= 0.3 is 0 Å². The summed E-state index contributed by atoms with van der Waals surface area (Å²) in [6.45, 7) is 3.07. The molecule has 1 aliphatic rings. The third-order valence-corrected chi connectivity index (χ3v) is 4.93. The van der Waals surface area contributed by atoms with Gasteiger partial charge in [0.05, 0.1) is 6.42 Å². The Hall–Kier alpha value is -2.41. The highest BCUT2D eigenvalue weighted by molar-refractivity contribution is 7.13. The molecule has 6 nitrogen and oxygen atoms in total. The van der Waals surface area contributed by atoms with Gasteiger partial charge in [0.15, 0.2) is 10.7 Å². The van der Waals surface area contributed by atoms with Crippen LogP contribution in [0.5, 0.6) is 0 Å². The SMILES string of the molecule is O=C(Cc1noc2ccccc12)N1CCN(c2nccs2)CC1. The van der Waals surface area contributed by atoms with Crippen LogP contribution in [0.2, 0.25) is 0 Å². The highest BCUT2D eigenvalue weighted by Gasteiger charge is 2.23. The maximum atomic E-state index is 12.5. The summed E-state index contributed by atoms with van der Waals surface area (Å²) >= 11 is 1.63. The van der Waals surface area contributed by atoms with E-state index in [1.165, 1.54) is 0 Å². The van der Waals surface area contributed by atoms with Crippen molar-refractivity contribution in [1.29, 1.82) is 0 Å². The number of anilines is 1.